The van der Waals surface area contributed by atoms with Crippen LogP contribution in [0.4, 0.5) is 11.4 Å². The maximum atomic E-state index is 11.1. The fourth-order valence-electron chi connectivity index (χ4n) is 4.99. The number of hydrogen-bond acceptors (Lipinski definition) is 6. The fraction of sp³-hybridized carbons (Fsp3) is 0.320. The van der Waals surface area contributed by atoms with Crippen LogP contribution in [0.5, 0.6) is 5.75 Å². The molecule has 0 aromatic heterocycles. The molecule has 1 spiro atoms. The molecule has 2 heterocycles. The minimum Gasteiger partial charge on any atom is -0.748 e. The summed E-state index contributed by atoms with van der Waals surface area (Å²) in [6.07, 6.45) is 2.75. The molecule has 2 aliphatic rings. The van der Waals surface area contributed by atoms with E-state index in [9.17, 15) is 13.0 Å². The van der Waals surface area contributed by atoms with E-state index in [2.05, 4.69) is 36.9 Å². The van der Waals surface area contributed by atoms with Crippen molar-refractivity contribution < 1.29 is 47.3 Å². The van der Waals surface area contributed by atoms with Gasteiger partial charge in [0.2, 0.25) is 5.72 Å². The largest absolute Gasteiger partial charge is 1.00 e. The Hall–Kier alpha value is -1.90. The van der Waals surface area contributed by atoms with Crippen LogP contribution in [0.2, 0.25) is 0 Å². The minimum atomic E-state index is -4.22. The number of anilines is 1. The standard InChI is InChI=1S/C25H26N2O4S.Na/c1-24(2)20-11-5-6-12-21(20)27(15-7-8-16-32(28,29)30)25(24)17-26-23-19-10-4-3-9-18(19)13-14-22(23)31-25;/h3-6,9-14,17H,7-8,15-16H2,1-2H3,(H,28,29,30);/q;+1/p-1. The van der Waals surface area contributed by atoms with Gasteiger partial charge in [-0.05, 0) is 49.8 Å². The average molecular weight is 473 g/mol. The molecule has 8 heteroatoms. The zero-order valence-electron chi connectivity index (χ0n) is 19.1. The first-order valence-electron chi connectivity index (χ1n) is 10.8. The van der Waals surface area contributed by atoms with Crippen molar-refractivity contribution in [1.29, 1.82) is 0 Å². The van der Waals surface area contributed by atoms with Crippen LogP contribution in [0.15, 0.2) is 65.7 Å². The van der Waals surface area contributed by atoms with E-state index in [0.29, 0.717) is 19.4 Å². The van der Waals surface area contributed by atoms with Crippen LogP contribution in [0.3, 0.4) is 0 Å². The second-order valence-electron chi connectivity index (χ2n) is 8.95. The fourth-order valence-corrected chi connectivity index (χ4v) is 5.55. The molecular weight excluding hydrogens is 447 g/mol. The van der Waals surface area contributed by atoms with E-state index in [1.165, 1.54) is 0 Å². The average Bonchev–Trinajstić information content (AvgIpc) is 2.94. The Morgan fingerprint density at radius 2 is 1.73 bits per heavy atom. The summed E-state index contributed by atoms with van der Waals surface area (Å²) < 4.78 is 40.0. The summed E-state index contributed by atoms with van der Waals surface area (Å²) in [5.41, 5.74) is 1.73. The van der Waals surface area contributed by atoms with Crippen LogP contribution < -0.4 is 39.2 Å². The van der Waals surface area contributed by atoms with Crippen LogP contribution in [0.25, 0.3) is 10.8 Å². The number of hydrogen-bond donors (Lipinski definition) is 0. The maximum absolute atomic E-state index is 11.1. The van der Waals surface area contributed by atoms with Gasteiger partial charge in [0, 0.05) is 23.4 Å². The van der Waals surface area contributed by atoms with Gasteiger partial charge in [-0.25, -0.2) is 8.42 Å². The summed E-state index contributed by atoms with van der Waals surface area (Å²) in [5, 5.41) is 2.14. The Kier molecular flexibility index (Phi) is 6.39. The molecule has 166 valence electrons. The normalized spacial score (nSPS) is 20.3. The molecule has 3 aromatic rings. The minimum absolute atomic E-state index is 0. The van der Waals surface area contributed by atoms with Crippen molar-refractivity contribution in [2.24, 2.45) is 4.99 Å². The molecular formula is C25H25N2NaO4S. The number of fused-ring (bicyclic) bond motifs is 4. The summed E-state index contributed by atoms with van der Waals surface area (Å²) in [7, 11) is -4.22. The first-order valence-corrected chi connectivity index (χ1v) is 12.4. The summed E-state index contributed by atoms with van der Waals surface area (Å²) >= 11 is 0. The number of para-hydroxylation sites is 1. The second-order valence-corrected chi connectivity index (χ2v) is 10.5. The van der Waals surface area contributed by atoms with Crippen molar-refractivity contribution in [3.05, 3.63) is 66.2 Å². The maximum Gasteiger partial charge on any atom is 1.00 e. The van der Waals surface area contributed by atoms with E-state index in [0.717, 1.165) is 33.5 Å². The van der Waals surface area contributed by atoms with Crippen molar-refractivity contribution in [2.75, 3.05) is 17.2 Å². The van der Waals surface area contributed by atoms with E-state index in [4.69, 9.17) is 9.73 Å². The van der Waals surface area contributed by atoms with Gasteiger partial charge in [0.05, 0.1) is 21.7 Å². The number of benzene rings is 3. The van der Waals surface area contributed by atoms with E-state index in [1.54, 1.807) is 0 Å². The molecule has 0 radical (unpaired) electrons. The van der Waals surface area contributed by atoms with Gasteiger partial charge in [0.15, 0.2) is 0 Å². The molecule has 6 nitrogen and oxygen atoms in total. The zero-order chi connectivity index (χ0) is 22.6. The number of ether oxygens (including phenoxy) is 1. The van der Waals surface area contributed by atoms with Gasteiger partial charge >= 0.3 is 29.6 Å². The molecule has 5 rings (SSSR count). The predicted molar refractivity (Wildman–Crippen MR) is 126 cm³/mol. The third-order valence-electron chi connectivity index (χ3n) is 6.69. The molecule has 0 N–H and O–H groups in total. The molecule has 0 fully saturated rings. The van der Waals surface area contributed by atoms with Crippen molar-refractivity contribution in [3.8, 4) is 5.75 Å². The first kappa shape index (κ1) is 24.2. The van der Waals surface area contributed by atoms with Gasteiger partial charge in [-0.3, -0.25) is 4.99 Å². The molecule has 0 saturated carbocycles. The Bertz CT molecular complexity index is 1340. The van der Waals surface area contributed by atoms with E-state index in [1.807, 2.05) is 48.7 Å². The molecule has 0 saturated heterocycles. The summed E-state index contributed by atoms with van der Waals surface area (Å²) in [6.45, 7) is 4.84. The summed E-state index contributed by atoms with van der Waals surface area (Å²) in [5.74, 6) is 0.363. The van der Waals surface area contributed by atoms with Gasteiger partial charge in [-0.15, -0.1) is 0 Å². The summed E-state index contributed by atoms with van der Waals surface area (Å²) in [4.78, 5) is 7.08. The molecule has 1 atom stereocenters. The van der Waals surface area contributed by atoms with Crippen LogP contribution >= 0.6 is 0 Å². The van der Waals surface area contributed by atoms with Gasteiger partial charge in [-0.1, -0.05) is 48.5 Å². The molecule has 0 bridgehead atoms. The van der Waals surface area contributed by atoms with Gasteiger partial charge in [0.1, 0.15) is 11.4 Å². The van der Waals surface area contributed by atoms with Gasteiger partial charge in [0.25, 0.3) is 0 Å². The van der Waals surface area contributed by atoms with Gasteiger partial charge < -0.3 is 14.2 Å². The van der Waals surface area contributed by atoms with Gasteiger partial charge in [-0.2, -0.15) is 0 Å². The third-order valence-corrected chi connectivity index (χ3v) is 7.48. The van der Waals surface area contributed by atoms with Crippen LogP contribution in [0.1, 0.15) is 32.3 Å². The molecule has 0 aliphatic carbocycles. The topological polar surface area (TPSA) is 82.0 Å². The monoisotopic (exact) mass is 472 g/mol. The van der Waals surface area contributed by atoms with Crippen molar-refractivity contribution >= 4 is 38.5 Å². The SMILES string of the molecule is CC1(C)c2ccccc2N(CCCCS(=O)(=O)[O-])C12C=Nc1c(ccc3ccccc13)O2.[Na+]. The Morgan fingerprint density at radius 3 is 2.52 bits per heavy atom. The van der Waals surface area contributed by atoms with E-state index < -0.39 is 21.3 Å². The smallest absolute Gasteiger partial charge is 0.748 e. The predicted octanol–water partition coefficient (Wildman–Crippen LogP) is 1.76. The Labute approximate surface area is 216 Å². The quantitative estimate of drug-likeness (QED) is 0.321. The number of aliphatic imine (C=N–C) groups is 1. The number of rotatable bonds is 5. The van der Waals surface area contributed by atoms with E-state index in [-0.39, 0.29) is 35.3 Å². The molecule has 33 heavy (non-hydrogen) atoms. The van der Waals surface area contributed by atoms with Crippen molar-refractivity contribution in [2.45, 2.75) is 37.8 Å². The van der Waals surface area contributed by atoms with E-state index >= 15 is 0 Å². The molecule has 0 amide bonds. The van der Waals surface area contributed by atoms with Crippen LogP contribution in [0, 0.1) is 0 Å². The van der Waals surface area contributed by atoms with Crippen LogP contribution in [-0.2, 0) is 15.5 Å². The molecule has 1 unspecified atom stereocenters. The first-order chi connectivity index (χ1) is 15.2. The Balaban J connectivity index is 0.00000259. The van der Waals surface area contributed by atoms with Crippen molar-refractivity contribution in [3.63, 3.8) is 0 Å². The summed E-state index contributed by atoms with van der Waals surface area (Å²) in [6, 6.07) is 20.3. The number of nitrogens with zero attached hydrogens (tertiary/aromatic N) is 2. The Morgan fingerprint density at radius 1 is 1.00 bits per heavy atom. The number of unbranched alkanes of at least 4 members (excludes halogenated alkanes) is 1. The molecule has 2 aliphatic heterocycles. The van der Waals surface area contributed by atoms with Crippen LogP contribution in [-0.4, -0.2) is 37.2 Å². The second kappa shape index (κ2) is 8.71. The molecule has 3 aromatic carbocycles. The zero-order valence-corrected chi connectivity index (χ0v) is 21.9. The third kappa shape index (κ3) is 4.00. The van der Waals surface area contributed by atoms with Crippen molar-refractivity contribution in [1.82, 2.24) is 0 Å².